The van der Waals surface area contributed by atoms with Gasteiger partial charge in [-0.2, -0.15) is 0 Å². The number of hydrogen-bond acceptors (Lipinski definition) is 4. The van der Waals surface area contributed by atoms with Crippen LogP contribution in [0.15, 0.2) is 24.3 Å². The highest BCUT2D eigenvalue weighted by atomic mass is 16.5. The first-order chi connectivity index (χ1) is 11.4. The largest absolute Gasteiger partial charge is 0.454 e. The molecule has 0 spiro atoms. The number of carbonyl (C=O) groups is 2. The number of rotatable bonds is 3. The molecule has 0 radical (unpaired) electrons. The highest BCUT2D eigenvalue weighted by Crippen LogP contribution is 2.30. The van der Waals surface area contributed by atoms with E-state index in [-0.39, 0.29) is 12.4 Å². The Balaban J connectivity index is 1.98. The summed E-state index contributed by atoms with van der Waals surface area (Å²) in [5.41, 5.74) is 2.88. The molecular formula is C20H23NO3. The number of aromatic nitrogens is 1. The van der Waals surface area contributed by atoms with Gasteiger partial charge in [0.1, 0.15) is 0 Å². The zero-order valence-electron chi connectivity index (χ0n) is 14.5. The van der Waals surface area contributed by atoms with Crippen LogP contribution in [0.5, 0.6) is 0 Å². The summed E-state index contributed by atoms with van der Waals surface area (Å²) in [6.45, 7) is 5.29. The van der Waals surface area contributed by atoms with Crippen LogP contribution >= 0.6 is 0 Å². The summed E-state index contributed by atoms with van der Waals surface area (Å²) in [6.07, 6.45) is 3.87. The van der Waals surface area contributed by atoms with E-state index in [0.29, 0.717) is 5.56 Å². The molecule has 0 amide bonds. The number of aryl methyl sites for hydroxylation is 1. The molecule has 0 atom stereocenters. The van der Waals surface area contributed by atoms with E-state index < -0.39 is 11.4 Å². The lowest BCUT2D eigenvalue weighted by molar-refractivity contribution is -0.129. The van der Waals surface area contributed by atoms with Crippen LogP contribution in [0.4, 0.5) is 0 Å². The van der Waals surface area contributed by atoms with Crippen molar-refractivity contribution < 1.29 is 14.3 Å². The van der Waals surface area contributed by atoms with Gasteiger partial charge in [0.2, 0.25) is 0 Å². The average Bonchev–Trinajstić information content (AvgIpc) is 2.56. The fraction of sp³-hybridized carbons (Fsp3) is 0.450. The highest BCUT2D eigenvalue weighted by Gasteiger charge is 2.26. The van der Waals surface area contributed by atoms with Gasteiger partial charge in [0.15, 0.2) is 12.4 Å². The summed E-state index contributed by atoms with van der Waals surface area (Å²) in [7, 11) is 0. The van der Waals surface area contributed by atoms with E-state index >= 15 is 0 Å². The summed E-state index contributed by atoms with van der Waals surface area (Å²) in [4.78, 5) is 29.5. The first-order valence-corrected chi connectivity index (χ1v) is 8.49. The molecule has 0 bridgehead atoms. The van der Waals surface area contributed by atoms with Crippen LogP contribution < -0.4 is 0 Å². The maximum Gasteiger partial charge on any atom is 0.339 e. The number of Topliss-reactive ketones (excluding diaryl/α,β-unsaturated/α-hetero) is 1. The molecule has 2 aromatic rings. The van der Waals surface area contributed by atoms with Gasteiger partial charge >= 0.3 is 5.97 Å². The van der Waals surface area contributed by atoms with Crippen molar-refractivity contribution in [2.24, 2.45) is 5.41 Å². The van der Waals surface area contributed by atoms with E-state index in [1.807, 2.05) is 45.0 Å². The number of esters is 1. The van der Waals surface area contributed by atoms with E-state index in [2.05, 4.69) is 0 Å². The Labute approximate surface area is 142 Å². The molecule has 1 heterocycles. The zero-order valence-corrected chi connectivity index (χ0v) is 14.5. The number of hydrogen-bond donors (Lipinski definition) is 0. The molecule has 0 aliphatic heterocycles. The Bertz CT molecular complexity index is 802. The second-order valence-corrected chi connectivity index (χ2v) is 7.39. The van der Waals surface area contributed by atoms with Crippen molar-refractivity contribution in [1.82, 2.24) is 4.98 Å². The summed E-state index contributed by atoms with van der Waals surface area (Å²) < 4.78 is 5.37. The minimum absolute atomic E-state index is 0.0805. The van der Waals surface area contributed by atoms with Crippen molar-refractivity contribution in [2.75, 3.05) is 6.61 Å². The Morgan fingerprint density at radius 2 is 1.83 bits per heavy atom. The van der Waals surface area contributed by atoms with E-state index in [1.165, 1.54) is 0 Å². The minimum Gasteiger partial charge on any atom is -0.454 e. The van der Waals surface area contributed by atoms with Gasteiger partial charge in [0, 0.05) is 16.5 Å². The van der Waals surface area contributed by atoms with E-state index in [4.69, 9.17) is 9.72 Å². The average molecular weight is 325 g/mol. The van der Waals surface area contributed by atoms with Gasteiger partial charge in [-0.3, -0.25) is 9.78 Å². The topological polar surface area (TPSA) is 56.3 Å². The van der Waals surface area contributed by atoms with Crippen molar-refractivity contribution in [3.05, 3.63) is 41.1 Å². The van der Waals surface area contributed by atoms with E-state index in [9.17, 15) is 9.59 Å². The van der Waals surface area contributed by atoms with Gasteiger partial charge in [0.05, 0.1) is 11.1 Å². The Kier molecular flexibility index (Phi) is 4.39. The number of ketones is 1. The molecule has 0 unspecified atom stereocenters. The van der Waals surface area contributed by atoms with Crippen molar-refractivity contribution in [3.63, 3.8) is 0 Å². The predicted molar refractivity (Wildman–Crippen MR) is 93.1 cm³/mol. The molecule has 0 N–H and O–H groups in total. The van der Waals surface area contributed by atoms with Crippen LogP contribution in [0, 0.1) is 5.41 Å². The van der Waals surface area contributed by atoms with Gasteiger partial charge < -0.3 is 4.74 Å². The molecule has 4 nitrogen and oxygen atoms in total. The van der Waals surface area contributed by atoms with Gasteiger partial charge in [-0.25, -0.2) is 4.79 Å². The smallest absolute Gasteiger partial charge is 0.339 e. The first-order valence-electron chi connectivity index (χ1n) is 8.49. The number of pyridine rings is 1. The molecular weight excluding hydrogens is 302 g/mol. The van der Waals surface area contributed by atoms with Crippen molar-refractivity contribution in [2.45, 2.75) is 46.5 Å². The van der Waals surface area contributed by atoms with Crippen LogP contribution in [0.25, 0.3) is 10.9 Å². The maximum absolute atomic E-state index is 12.8. The molecule has 0 saturated carbocycles. The van der Waals surface area contributed by atoms with Crippen molar-refractivity contribution >= 4 is 22.7 Å². The second kappa shape index (κ2) is 6.34. The molecule has 126 valence electrons. The lowest BCUT2D eigenvalue weighted by Crippen LogP contribution is -2.27. The van der Waals surface area contributed by atoms with Gasteiger partial charge in [-0.15, -0.1) is 0 Å². The maximum atomic E-state index is 12.8. The number of fused-ring (bicyclic) bond motifs is 2. The van der Waals surface area contributed by atoms with E-state index in [0.717, 1.165) is 47.8 Å². The summed E-state index contributed by atoms with van der Waals surface area (Å²) in [6, 6.07) is 7.64. The van der Waals surface area contributed by atoms with Crippen LogP contribution in [0.1, 0.15) is 55.2 Å². The Hall–Kier alpha value is -2.23. The standard InChI is InChI=1S/C20H23NO3/c1-20(2,3)17(22)12-24-19(23)18-13-8-4-6-10-15(13)21-16-11-7-5-9-14(16)18/h4,6,8,10H,5,7,9,11-12H2,1-3H3. The van der Waals surface area contributed by atoms with Gasteiger partial charge in [-0.05, 0) is 37.3 Å². The third-order valence-corrected chi connectivity index (χ3v) is 4.54. The molecule has 4 heteroatoms. The van der Waals surface area contributed by atoms with Crippen LogP contribution in [0.2, 0.25) is 0 Å². The lowest BCUT2D eigenvalue weighted by Gasteiger charge is -2.21. The number of carbonyl (C=O) groups excluding carboxylic acids is 2. The van der Waals surface area contributed by atoms with Crippen molar-refractivity contribution in [3.8, 4) is 0 Å². The van der Waals surface area contributed by atoms with Crippen LogP contribution in [-0.4, -0.2) is 23.3 Å². The molecule has 1 aliphatic rings. The first kappa shape index (κ1) is 16.6. The number of nitrogens with zero attached hydrogens (tertiary/aromatic N) is 1. The van der Waals surface area contributed by atoms with Crippen molar-refractivity contribution in [1.29, 1.82) is 0 Å². The monoisotopic (exact) mass is 325 g/mol. The molecule has 1 aromatic heterocycles. The number of benzene rings is 1. The van der Waals surface area contributed by atoms with Crippen LogP contribution in [-0.2, 0) is 22.4 Å². The number of ether oxygens (including phenoxy) is 1. The SMILES string of the molecule is CC(C)(C)C(=O)COC(=O)c1c2c(nc3ccccc13)CCCC2. The summed E-state index contributed by atoms with van der Waals surface area (Å²) in [5, 5.41) is 0.811. The fourth-order valence-corrected chi connectivity index (χ4v) is 3.03. The molecule has 24 heavy (non-hydrogen) atoms. The third-order valence-electron chi connectivity index (χ3n) is 4.54. The quantitative estimate of drug-likeness (QED) is 0.804. The molecule has 1 aliphatic carbocycles. The second-order valence-electron chi connectivity index (χ2n) is 7.39. The highest BCUT2D eigenvalue weighted by molar-refractivity contribution is 6.05. The van der Waals surface area contributed by atoms with Gasteiger partial charge in [-0.1, -0.05) is 39.0 Å². The minimum atomic E-state index is -0.514. The lowest BCUT2D eigenvalue weighted by atomic mass is 9.89. The number of para-hydroxylation sites is 1. The Morgan fingerprint density at radius 1 is 1.12 bits per heavy atom. The normalized spacial score (nSPS) is 14.3. The predicted octanol–water partition coefficient (Wildman–Crippen LogP) is 3.89. The Morgan fingerprint density at radius 3 is 2.58 bits per heavy atom. The molecule has 1 aromatic carbocycles. The zero-order chi connectivity index (χ0) is 17.3. The van der Waals surface area contributed by atoms with E-state index in [1.54, 1.807) is 0 Å². The third kappa shape index (κ3) is 3.18. The fourth-order valence-electron chi connectivity index (χ4n) is 3.03. The molecule has 3 rings (SSSR count). The summed E-state index contributed by atoms with van der Waals surface area (Å²) in [5.74, 6) is -0.493. The molecule has 0 fully saturated rings. The molecule has 0 saturated heterocycles. The van der Waals surface area contributed by atoms with Gasteiger partial charge in [0.25, 0.3) is 0 Å². The van der Waals surface area contributed by atoms with Crippen LogP contribution in [0.3, 0.4) is 0 Å². The summed E-state index contributed by atoms with van der Waals surface area (Å²) >= 11 is 0.